The minimum atomic E-state index is -2.14. The molecule has 0 spiro atoms. The first-order valence-electron chi connectivity index (χ1n) is 11.1. The second-order valence-corrected chi connectivity index (χ2v) is 16.4. The van der Waals surface area contributed by atoms with Crippen LogP contribution >= 0.6 is 12.2 Å². The topological polar surface area (TPSA) is 38.0 Å². The molecule has 34 heavy (non-hydrogen) atoms. The van der Waals surface area contributed by atoms with E-state index in [4.69, 9.17) is 0 Å². The van der Waals surface area contributed by atoms with Crippen LogP contribution in [-0.4, -0.2) is 37.2 Å². The van der Waals surface area contributed by atoms with E-state index < -0.39 is 19.8 Å². The number of benzene rings is 3. The number of nitrogens with two attached hydrogens (primary N) is 1. The largest absolute Gasteiger partial charge is 0.415 e. The summed E-state index contributed by atoms with van der Waals surface area (Å²) >= 11 is 6.12. The van der Waals surface area contributed by atoms with Gasteiger partial charge in [0.2, 0.25) is 0 Å². The molecule has 1 fully saturated rings. The van der Waals surface area contributed by atoms with Crippen LogP contribution in [0.5, 0.6) is 0 Å². The van der Waals surface area contributed by atoms with Gasteiger partial charge in [-0.15, -0.1) is 0 Å². The van der Waals surface area contributed by atoms with E-state index in [9.17, 15) is 13.2 Å². The fraction of sp³-hybridized carbons (Fsp3) is 0.269. The van der Waals surface area contributed by atoms with E-state index >= 15 is 0 Å². The molecule has 8 heteroatoms. The summed E-state index contributed by atoms with van der Waals surface area (Å²) in [7, 11) is 0. The third-order valence-electron chi connectivity index (χ3n) is 4.99. The summed E-state index contributed by atoms with van der Waals surface area (Å²) in [5.41, 5.74) is 7.58. The zero-order valence-electron chi connectivity index (χ0n) is 18.9. The van der Waals surface area contributed by atoms with Gasteiger partial charge in [-0.05, 0) is 25.9 Å². The Kier molecular flexibility index (Phi) is 13.5. The summed E-state index contributed by atoms with van der Waals surface area (Å²) in [5.74, 6) is -0.717. The first kappa shape index (κ1) is 28.6. The van der Waals surface area contributed by atoms with Crippen molar-refractivity contribution in [3.63, 3.8) is 0 Å². The van der Waals surface area contributed by atoms with E-state index in [2.05, 4.69) is 35.9 Å². The van der Waals surface area contributed by atoms with E-state index in [0.29, 0.717) is 0 Å². The average molecular weight is 609 g/mol. The van der Waals surface area contributed by atoms with Crippen LogP contribution in [-0.2, 0) is 25.9 Å². The quantitative estimate of drug-likeness (QED) is 0.224. The second kappa shape index (κ2) is 16.1. The third-order valence-corrected chi connectivity index (χ3v) is 12.8. The fourth-order valence-electron chi connectivity index (χ4n) is 3.62. The number of rotatable bonds is 6. The van der Waals surface area contributed by atoms with Crippen LogP contribution in [0.25, 0.3) is 0 Å². The minimum Gasteiger partial charge on any atom is -0.415 e. The van der Waals surface area contributed by atoms with Gasteiger partial charge in [-0.1, -0.05) is 4.32 Å². The van der Waals surface area contributed by atoms with E-state index in [1.807, 2.05) is 18.2 Å². The SMILES string of the molecule is C1CCNC1.Fc1cccc([CH2][Sn+]([CH2]c2cccc(F)c2)[CH2]c2cccc(F)c2)c1.NC(=S)[S-]. The monoisotopic (exact) mass is 610 g/mol. The Bertz CT molecular complexity index is 908. The van der Waals surface area contributed by atoms with Crippen molar-refractivity contribution in [2.24, 2.45) is 5.73 Å². The Labute approximate surface area is 218 Å². The van der Waals surface area contributed by atoms with Crippen LogP contribution in [0, 0.1) is 17.5 Å². The number of hydrogen-bond donors (Lipinski definition) is 2. The summed E-state index contributed by atoms with van der Waals surface area (Å²) in [6, 6.07) is 20.0. The molecule has 3 N–H and O–H groups in total. The van der Waals surface area contributed by atoms with Crippen LogP contribution in [0.2, 0.25) is 0 Å². The standard InChI is InChI=1S/3C7H6F.C4H9N.CH3NS2.Sn/c3*1-6-3-2-4-7(8)5-6;1-2-4-5-3-1;2-1(3)4;/h3*2-5H,1H2;5H,1-4H2;(H3,2,3,4);/q;;;;;+1/p-1. The number of nitrogens with one attached hydrogen (secondary N) is 1. The summed E-state index contributed by atoms with van der Waals surface area (Å²) in [6.07, 6.45) is 2.78. The molecule has 0 aliphatic carbocycles. The second-order valence-electron chi connectivity index (χ2n) is 7.95. The van der Waals surface area contributed by atoms with Crippen molar-refractivity contribution >= 4 is 48.9 Å². The zero-order valence-corrected chi connectivity index (χ0v) is 23.4. The van der Waals surface area contributed by atoms with Gasteiger partial charge in [-0.3, -0.25) is 0 Å². The van der Waals surface area contributed by atoms with E-state index in [1.165, 1.54) is 44.1 Å². The van der Waals surface area contributed by atoms with Gasteiger partial charge in [0.05, 0.1) is 0 Å². The molecule has 0 atom stereocenters. The van der Waals surface area contributed by atoms with Crippen LogP contribution in [0.3, 0.4) is 0 Å². The molecule has 0 radical (unpaired) electrons. The Hall–Kier alpha value is -1.68. The summed E-state index contributed by atoms with van der Waals surface area (Å²) in [6.45, 7) is 2.50. The average Bonchev–Trinajstić information content (AvgIpc) is 3.34. The third kappa shape index (κ3) is 12.7. The van der Waals surface area contributed by atoms with Crippen molar-refractivity contribution in [3.05, 3.63) is 107 Å². The molecule has 2 nitrogen and oxygen atoms in total. The molecular formula is C26H29F3N2S2Sn. The van der Waals surface area contributed by atoms with Gasteiger partial charge in [-0.2, -0.15) is 0 Å². The molecule has 0 bridgehead atoms. The van der Waals surface area contributed by atoms with Crippen LogP contribution in [0.15, 0.2) is 72.8 Å². The number of halogens is 3. The van der Waals surface area contributed by atoms with Gasteiger partial charge in [0.1, 0.15) is 0 Å². The molecule has 1 heterocycles. The molecule has 1 saturated heterocycles. The van der Waals surface area contributed by atoms with Crippen molar-refractivity contribution in [2.75, 3.05) is 13.1 Å². The molecule has 1 aliphatic rings. The minimum absolute atomic E-state index is 0.0833. The van der Waals surface area contributed by atoms with E-state index in [1.54, 1.807) is 36.4 Å². The van der Waals surface area contributed by atoms with Crippen molar-refractivity contribution in [2.45, 2.75) is 26.2 Å². The van der Waals surface area contributed by atoms with Gasteiger partial charge in [-0.25, -0.2) is 0 Å². The van der Waals surface area contributed by atoms with Crippen molar-refractivity contribution < 1.29 is 13.2 Å². The van der Waals surface area contributed by atoms with Gasteiger partial charge >= 0.3 is 153 Å². The van der Waals surface area contributed by atoms with Crippen molar-refractivity contribution in [1.29, 1.82) is 0 Å². The number of hydrogen-bond acceptors (Lipinski definition) is 3. The molecule has 4 rings (SSSR count). The fourth-order valence-corrected chi connectivity index (χ4v) is 11.5. The Morgan fingerprint density at radius 2 is 1.09 bits per heavy atom. The first-order valence-corrected chi connectivity index (χ1v) is 17.9. The molecule has 3 aromatic carbocycles. The van der Waals surface area contributed by atoms with Crippen LogP contribution < -0.4 is 11.1 Å². The van der Waals surface area contributed by atoms with Crippen LogP contribution in [0.4, 0.5) is 13.2 Å². The molecule has 0 saturated carbocycles. The van der Waals surface area contributed by atoms with Gasteiger partial charge in [0, 0.05) is 0 Å². The first-order chi connectivity index (χ1) is 16.3. The Morgan fingerprint density at radius 3 is 1.32 bits per heavy atom. The summed E-state index contributed by atoms with van der Waals surface area (Å²) in [5, 5.41) is 3.22. The van der Waals surface area contributed by atoms with Crippen molar-refractivity contribution in [1.82, 2.24) is 5.32 Å². The molecule has 0 unspecified atom stereocenters. The maximum Gasteiger partial charge on any atom is -0.0708 e. The maximum absolute atomic E-state index is 13.5. The van der Waals surface area contributed by atoms with E-state index in [-0.39, 0.29) is 21.8 Å². The molecule has 0 aromatic heterocycles. The Morgan fingerprint density at radius 1 is 0.765 bits per heavy atom. The Balaban J connectivity index is 0.000000382. The molecule has 1 aliphatic heterocycles. The summed E-state index contributed by atoms with van der Waals surface area (Å²) < 4.78 is 43.1. The number of thiocarbonyl (C=S) groups is 1. The molecule has 3 aromatic rings. The van der Waals surface area contributed by atoms with Gasteiger partial charge in [0.25, 0.3) is 0 Å². The normalized spacial score (nSPS) is 12.1. The smallest absolute Gasteiger partial charge is 0.0708 e. The zero-order chi connectivity index (χ0) is 24.8. The molecule has 0 amide bonds. The molecule has 180 valence electrons. The van der Waals surface area contributed by atoms with Gasteiger partial charge < -0.3 is 35.9 Å². The van der Waals surface area contributed by atoms with Crippen molar-refractivity contribution in [3.8, 4) is 0 Å². The van der Waals surface area contributed by atoms with E-state index in [0.717, 1.165) is 30.0 Å². The van der Waals surface area contributed by atoms with Crippen LogP contribution in [0.1, 0.15) is 29.5 Å². The predicted octanol–water partition coefficient (Wildman–Crippen LogP) is 5.39. The predicted molar refractivity (Wildman–Crippen MR) is 142 cm³/mol. The van der Waals surface area contributed by atoms with Gasteiger partial charge in [0.15, 0.2) is 0 Å². The maximum atomic E-state index is 13.5. The molecular weight excluding hydrogens is 580 g/mol. The summed E-state index contributed by atoms with van der Waals surface area (Å²) in [4.78, 5) is 0.